The lowest BCUT2D eigenvalue weighted by Gasteiger charge is -2.28. The van der Waals surface area contributed by atoms with E-state index in [4.69, 9.17) is 0 Å². The molecule has 3 heterocycles. The molecule has 0 aliphatic carbocycles. The number of sulfonamides is 1. The van der Waals surface area contributed by atoms with E-state index in [0.29, 0.717) is 5.69 Å². The first-order chi connectivity index (χ1) is 12.5. The second-order valence-electron chi connectivity index (χ2n) is 5.68. The van der Waals surface area contributed by atoms with Gasteiger partial charge in [0.25, 0.3) is 15.9 Å². The molecule has 1 aromatic heterocycles. The third-order valence-electron chi connectivity index (χ3n) is 3.92. The molecule has 2 aromatic rings. The highest BCUT2D eigenvalue weighted by Gasteiger charge is 2.29. The van der Waals surface area contributed by atoms with E-state index in [9.17, 15) is 13.2 Å². The first-order valence-electron chi connectivity index (χ1n) is 7.81. The first-order valence-corrected chi connectivity index (χ1v) is 10.3. The number of aromatic nitrogens is 1. The van der Waals surface area contributed by atoms with E-state index in [1.54, 1.807) is 41.6 Å². The minimum absolute atomic E-state index is 0.0616. The number of benzene rings is 1. The monoisotopic (exact) mass is 386 g/mol. The van der Waals surface area contributed by atoms with E-state index in [0.717, 1.165) is 10.6 Å². The zero-order valence-corrected chi connectivity index (χ0v) is 15.1. The van der Waals surface area contributed by atoms with Crippen LogP contribution in [-0.2, 0) is 14.8 Å². The van der Waals surface area contributed by atoms with Gasteiger partial charge in [0.05, 0.1) is 11.3 Å². The molecule has 0 radical (unpaired) electrons. The van der Waals surface area contributed by atoms with Crippen molar-refractivity contribution < 1.29 is 13.2 Å². The summed E-state index contributed by atoms with van der Waals surface area (Å²) < 4.78 is 27.3. The molecule has 2 aliphatic rings. The maximum atomic E-state index is 12.6. The lowest BCUT2D eigenvalue weighted by Crippen LogP contribution is -2.40. The molecule has 0 bridgehead atoms. The van der Waals surface area contributed by atoms with Gasteiger partial charge in [-0.3, -0.25) is 4.79 Å². The van der Waals surface area contributed by atoms with E-state index in [1.165, 1.54) is 11.3 Å². The highest BCUT2D eigenvalue weighted by atomic mass is 32.2. The zero-order chi connectivity index (χ0) is 18.1. The van der Waals surface area contributed by atoms with Crippen LogP contribution in [0.2, 0.25) is 0 Å². The highest BCUT2D eigenvalue weighted by Crippen LogP contribution is 2.24. The highest BCUT2D eigenvalue weighted by molar-refractivity contribution is 7.90. The topological polar surface area (TPSA) is 91.7 Å². The molecule has 1 N–H and O–H groups in total. The molecule has 9 heteroatoms. The number of anilines is 1. The summed E-state index contributed by atoms with van der Waals surface area (Å²) in [5, 5.41) is 5.59. The van der Waals surface area contributed by atoms with Crippen molar-refractivity contribution in [1.29, 1.82) is 0 Å². The molecule has 0 saturated heterocycles. The average Bonchev–Trinajstić information content (AvgIpc) is 3.15. The molecule has 0 fully saturated rings. The number of rotatable bonds is 3. The summed E-state index contributed by atoms with van der Waals surface area (Å²) in [5.74, 6) is -0.304. The van der Waals surface area contributed by atoms with Gasteiger partial charge in [-0.25, -0.2) is 13.4 Å². The lowest BCUT2D eigenvalue weighted by atomic mass is 10.1. The molecule has 1 aromatic carbocycles. The molecule has 2 aliphatic heterocycles. The Bertz CT molecular complexity index is 1040. The summed E-state index contributed by atoms with van der Waals surface area (Å²) in [4.78, 5) is 18.5. The van der Waals surface area contributed by atoms with E-state index >= 15 is 0 Å². The quantitative estimate of drug-likeness (QED) is 0.873. The van der Waals surface area contributed by atoms with Gasteiger partial charge < -0.3 is 10.2 Å². The normalized spacial score (nSPS) is 17.9. The number of nitrogens with one attached hydrogen (secondary N) is 1. The molecule has 132 valence electrons. The lowest BCUT2D eigenvalue weighted by molar-refractivity contribution is -0.112. The summed E-state index contributed by atoms with van der Waals surface area (Å²) >= 11 is 1.54. The van der Waals surface area contributed by atoms with Crippen LogP contribution < -0.4 is 5.32 Å². The van der Waals surface area contributed by atoms with Crippen LogP contribution in [-0.4, -0.2) is 42.3 Å². The number of hydrogen-bond donors (Lipinski definition) is 1. The summed E-state index contributed by atoms with van der Waals surface area (Å²) in [6.45, 7) is 0.283. The second kappa shape index (κ2) is 6.50. The predicted octanol–water partition coefficient (Wildman–Crippen LogP) is 2.25. The van der Waals surface area contributed by atoms with Crippen molar-refractivity contribution in [2.75, 3.05) is 17.6 Å². The van der Waals surface area contributed by atoms with Crippen LogP contribution in [0.3, 0.4) is 0 Å². The molecule has 0 saturated carbocycles. The number of fused-ring (bicyclic) bond motifs is 1. The maximum absolute atomic E-state index is 12.6. The Morgan fingerprint density at radius 2 is 2.04 bits per heavy atom. The minimum Gasteiger partial charge on any atom is -0.331 e. The fourth-order valence-electron chi connectivity index (χ4n) is 2.65. The van der Waals surface area contributed by atoms with Crippen LogP contribution in [0.4, 0.5) is 5.69 Å². The van der Waals surface area contributed by atoms with Crippen molar-refractivity contribution in [3.63, 3.8) is 0 Å². The Kier molecular flexibility index (Phi) is 4.17. The fourth-order valence-corrected chi connectivity index (χ4v) is 4.28. The van der Waals surface area contributed by atoms with Gasteiger partial charge in [0.1, 0.15) is 5.01 Å². The average molecular weight is 386 g/mol. The number of carbonyl (C=O) groups excluding carboxylic acids is 1. The Morgan fingerprint density at radius 1 is 1.23 bits per heavy atom. The molecule has 0 atom stereocenters. The van der Waals surface area contributed by atoms with Crippen LogP contribution in [0.1, 0.15) is 0 Å². The van der Waals surface area contributed by atoms with Gasteiger partial charge in [0.2, 0.25) is 0 Å². The number of nitrogens with zero attached hydrogens (tertiary/aromatic N) is 3. The molecule has 0 unspecified atom stereocenters. The molecule has 1 amide bonds. The summed E-state index contributed by atoms with van der Waals surface area (Å²) in [6, 6.07) is 7.31. The van der Waals surface area contributed by atoms with Crippen LogP contribution in [0, 0.1) is 0 Å². The summed E-state index contributed by atoms with van der Waals surface area (Å²) in [6.07, 6.45) is 6.73. The van der Waals surface area contributed by atoms with Crippen molar-refractivity contribution in [2.24, 2.45) is 4.40 Å². The largest absolute Gasteiger partial charge is 0.331 e. The van der Waals surface area contributed by atoms with Gasteiger partial charge >= 0.3 is 0 Å². The van der Waals surface area contributed by atoms with Crippen molar-refractivity contribution in [2.45, 2.75) is 0 Å². The predicted molar refractivity (Wildman–Crippen MR) is 101 cm³/mol. The third kappa shape index (κ3) is 3.31. The van der Waals surface area contributed by atoms with Gasteiger partial charge in [-0.2, -0.15) is 0 Å². The maximum Gasteiger partial charge on any atom is 0.259 e. The van der Waals surface area contributed by atoms with E-state index in [-0.39, 0.29) is 23.7 Å². The summed E-state index contributed by atoms with van der Waals surface area (Å²) in [5.41, 5.74) is 1.79. The smallest absolute Gasteiger partial charge is 0.259 e. The number of amidine groups is 1. The third-order valence-corrected chi connectivity index (χ3v) is 5.90. The number of thiazole rings is 1. The molecular weight excluding hydrogens is 372 g/mol. The van der Waals surface area contributed by atoms with Gasteiger partial charge in [0, 0.05) is 35.6 Å². The van der Waals surface area contributed by atoms with Crippen LogP contribution in [0.25, 0.3) is 10.6 Å². The van der Waals surface area contributed by atoms with E-state index < -0.39 is 15.9 Å². The molecule has 26 heavy (non-hydrogen) atoms. The van der Waals surface area contributed by atoms with Crippen LogP contribution in [0.5, 0.6) is 0 Å². The van der Waals surface area contributed by atoms with Crippen molar-refractivity contribution in [3.05, 3.63) is 59.8 Å². The number of allylic oxidation sites excluding steroid dienone is 2. The first kappa shape index (κ1) is 16.7. The van der Waals surface area contributed by atoms with Crippen LogP contribution >= 0.6 is 11.3 Å². The molecular formula is C17H14N4O3S2. The Balaban J connectivity index is 1.55. The van der Waals surface area contributed by atoms with E-state index in [2.05, 4.69) is 14.7 Å². The number of hydrogen-bond acceptors (Lipinski definition) is 6. The molecule has 0 spiro atoms. The van der Waals surface area contributed by atoms with Crippen molar-refractivity contribution >= 4 is 38.8 Å². The van der Waals surface area contributed by atoms with Gasteiger partial charge in [-0.15, -0.1) is 15.7 Å². The minimum atomic E-state index is -3.54. The fraction of sp³-hybridized carbons (Fsp3) is 0.118. The Labute approximate surface area is 154 Å². The van der Waals surface area contributed by atoms with Gasteiger partial charge in [-0.1, -0.05) is 0 Å². The van der Waals surface area contributed by atoms with Crippen molar-refractivity contribution in [3.8, 4) is 10.6 Å². The van der Waals surface area contributed by atoms with Gasteiger partial charge in [0.15, 0.2) is 5.84 Å². The number of amides is 1. The standard InChI is InChI=1S/C17H14N4O3S2/c22-16(14-2-1-8-21-9-11-26(23,24)20-15(14)21)19-13-5-3-12(4-6-13)17-18-7-10-25-17/h1-8,10H,9,11H2,(H,19,22). The Morgan fingerprint density at radius 3 is 2.77 bits per heavy atom. The van der Waals surface area contributed by atoms with Gasteiger partial charge in [-0.05, 0) is 36.4 Å². The molecule has 4 rings (SSSR count). The SMILES string of the molecule is O=C(Nc1ccc(-c2nccs2)cc1)C1=CC=CN2CCS(=O)(=O)N=C12. The number of carbonyl (C=O) groups is 1. The second-order valence-corrected chi connectivity index (χ2v) is 8.33. The van der Waals surface area contributed by atoms with E-state index in [1.807, 2.05) is 17.5 Å². The van der Waals surface area contributed by atoms with Crippen molar-refractivity contribution in [1.82, 2.24) is 9.88 Å². The zero-order valence-electron chi connectivity index (χ0n) is 13.5. The summed E-state index contributed by atoms with van der Waals surface area (Å²) in [7, 11) is -3.54. The molecule has 7 nitrogen and oxygen atoms in total. The van der Waals surface area contributed by atoms with Crippen LogP contribution in [0.15, 0.2) is 64.2 Å². The Hall–Kier alpha value is -2.78.